The summed E-state index contributed by atoms with van der Waals surface area (Å²) in [6, 6.07) is -0.563. The van der Waals surface area contributed by atoms with Gasteiger partial charge in [-0.1, -0.05) is 20.8 Å². The molecule has 0 radical (unpaired) electrons. The van der Waals surface area contributed by atoms with Crippen LogP contribution in [0.2, 0.25) is 0 Å². The van der Waals surface area contributed by atoms with Gasteiger partial charge in [-0.2, -0.15) is 0 Å². The highest BCUT2D eigenvalue weighted by molar-refractivity contribution is 5.84. The largest absolute Gasteiger partial charge is 0.467 e. The van der Waals surface area contributed by atoms with Crippen molar-refractivity contribution < 1.29 is 14.3 Å². The van der Waals surface area contributed by atoms with Crippen LogP contribution < -0.4 is 11.1 Å². The molecule has 0 heterocycles. The van der Waals surface area contributed by atoms with E-state index in [1.807, 2.05) is 13.8 Å². The number of methoxy groups -OCH3 is 1. The Labute approximate surface area is 109 Å². The minimum absolute atomic E-state index is 0.0165. The van der Waals surface area contributed by atoms with E-state index in [1.165, 1.54) is 7.11 Å². The summed E-state index contributed by atoms with van der Waals surface area (Å²) < 4.78 is 4.67. The van der Waals surface area contributed by atoms with Gasteiger partial charge in [0.2, 0.25) is 5.91 Å². The zero-order valence-electron chi connectivity index (χ0n) is 11.9. The summed E-state index contributed by atoms with van der Waals surface area (Å²) in [5, 5.41) is 2.72. The lowest BCUT2D eigenvalue weighted by atomic mass is 10.0. The number of nitrogens with two attached hydrogens (primary N) is 1. The Morgan fingerprint density at radius 2 is 1.83 bits per heavy atom. The van der Waals surface area contributed by atoms with Gasteiger partial charge in [0.25, 0.3) is 0 Å². The molecule has 0 bridgehead atoms. The van der Waals surface area contributed by atoms with Crippen LogP contribution in [0, 0.1) is 11.8 Å². The van der Waals surface area contributed by atoms with Gasteiger partial charge in [-0.3, -0.25) is 4.79 Å². The fraction of sp³-hybridized carbons (Fsp3) is 0.846. The maximum Gasteiger partial charge on any atom is 0.328 e. The topological polar surface area (TPSA) is 81.4 Å². The van der Waals surface area contributed by atoms with Gasteiger partial charge in [-0.15, -0.1) is 0 Å². The Morgan fingerprint density at radius 1 is 1.22 bits per heavy atom. The fourth-order valence-electron chi connectivity index (χ4n) is 1.68. The number of amides is 1. The van der Waals surface area contributed by atoms with Crippen LogP contribution in [-0.4, -0.2) is 31.6 Å². The minimum Gasteiger partial charge on any atom is -0.467 e. The Morgan fingerprint density at radius 3 is 2.28 bits per heavy atom. The predicted octanol–water partition coefficient (Wildman–Crippen LogP) is 1.07. The lowest BCUT2D eigenvalue weighted by Gasteiger charge is -2.20. The summed E-state index contributed by atoms with van der Waals surface area (Å²) in [6.07, 6.45) is 2.12. The van der Waals surface area contributed by atoms with Gasteiger partial charge in [0.15, 0.2) is 0 Å². The van der Waals surface area contributed by atoms with Crippen molar-refractivity contribution in [3.05, 3.63) is 0 Å². The molecule has 0 saturated carbocycles. The predicted molar refractivity (Wildman–Crippen MR) is 70.9 cm³/mol. The lowest BCUT2D eigenvalue weighted by molar-refractivity contribution is -0.146. The summed E-state index contributed by atoms with van der Waals surface area (Å²) in [6.45, 7) is 6.46. The molecule has 5 nitrogen and oxygen atoms in total. The molecule has 0 aliphatic carbocycles. The summed E-state index contributed by atoms with van der Waals surface area (Å²) in [5.41, 5.74) is 5.45. The molecule has 106 valence electrons. The second kappa shape index (κ2) is 8.91. The third-order valence-corrected chi connectivity index (χ3v) is 2.96. The van der Waals surface area contributed by atoms with Gasteiger partial charge >= 0.3 is 5.97 Å². The Hall–Kier alpha value is -1.10. The molecule has 0 aromatic heterocycles. The van der Waals surface area contributed by atoms with Crippen molar-refractivity contribution in [2.24, 2.45) is 17.6 Å². The van der Waals surface area contributed by atoms with Crippen molar-refractivity contribution in [1.29, 1.82) is 0 Å². The van der Waals surface area contributed by atoms with Crippen LogP contribution in [0.5, 0.6) is 0 Å². The quantitative estimate of drug-likeness (QED) is 0.638. The first-order chi connectivity index (χ1) is 8.42. The lowest BCUT2D eigenvalue weighted by Crippen LogP contribution is -2.45. The molecule has 0 rings (SSSR count). The van der Waals surface area contributed by atoms with Crippen molar-refractivity contribution in [3.63, 3.8) is 0 Å². The average molecular weight is 258 g/mol. The number of esters is 1. The van der Waals surface area contributed by atoms with Gasteiger partial charge < -0.3 is 15.8 Å². The van der Waals surface area contributed by atoms with Gasteiger partial charge in [0.1, 0.15) is 6.04 Å². The highest BCUT2D eigenvalue weighted by Crippen LogP contribution is 2.10. The number of ether oxygens (including phenoxy) is 1. The molecule has 18 heavy (non-hydrogen) atoms. The molecule has 0 aliphatic rings. The summed E-state index contributed by atoms with van der Waals surface area (Å²) in [5.74, 6) is -0.0597. The van der Waals surface area contributed by atoms with Gasteiger partial charge in [0.05, 0.1) is 7.11 Å². The third-order valence-electron chi connectivity index (χ3n) is 2.96. The minimum atomic E-state index is -0.563. The molecule has 1 amide bonds. The Kier molecular flexibility index (Phi) is 8.37. The molecule has 0 saturated heterocycles. The smallest absolute Gasteiger partial charge is 0.328 e. The number of nitrogens with one attached hydrogen (secondary N) is 1. The first-order valence-corrected chi connectivity index (χ1v) is 6.49. The van der Waals surface area contributed by atoms with Gasteiger partial charge in [-0.25, -0.2) is 4.79 Å². The van der Waals surface area contributed by atoms with Gasteiger partial charge in [-0.05, 0) is 31.2 Å². The third kappa shape index (κ3) is 6.59. The van der Waals surface area contributed by atoms with E-state index in [2.05, 4.69) is 17.0 Å². The highest BCUT2D eigenvalue weighted by atomic mass is 16.5. The molecule has 2 atom stereocenters. The molecule has 0 aromatic carbocycles. The zero-order chi connectivity index (χ0) is 14.1. The van der Waals surface area contributed by atoms with E-state index in [4.69, 9.17) is 5.73 Å². The molecule has 0 aliphatic heterocycles. The normalized spacial score (nSPS) is 14.1. The zero-order valence-corrected chi connectivity index (χ0v) is 11.9. The fourth-order valence-corrected chi connectivity index (χ4v) is 1.68. The number of carbonyl (C=O) groups excluding carboxylic acids is 2. The van der Waals surface area contributed by atoms with Crippen LogP contribution in [0.15, 0.2) is 0 Å². The maximum absolute atomic E-state index is 11.7. The summed E-state index contributed by atoms with van der Waals surface area (Å²) >= 11 is 0. The molecule has 0 aromatic rings. The second-order valence-corrected chi connectivity index (χ2v) is 5.03. The molecular formula is C13H26N2O3. The maximum atomic E-state index is 11.7. The summed E-state index contributed by atoms with van der Waals surface area (Å²) in [4.78, 5) is 23.2. The van der Waals surface area contributed by atoms with E-state index in [0.29, 0.717) is 18.9 Å². The van der Waals surface area contributed by atoms with Crippen molar-refractivity contribution in [2.45, 2.75) is 46.1 Å². The van der Waals surface area contributed by atoms with Gasteiger partial charge in [0, 0.05) is 6.42 Å². The van der Waals surface area contributed by atoms with Crippen LogP contribution in [-0.2, 0) is 14.3 Å². The molecule has 5 heteroatoms. The monoisotopic (exact) mass is 258 g/mol. The second-order valence-electron chi connectivity index (χ2n) is 5.03. The average Bonchev–Trinajstić information content (AvgIpc) is 2.32. The van der Waals surface area contributed by atoms with E-state index >= 15 is 0 Å². The standard InChI is InChI=1S/C13H26N2O3/c1-9(2)12(13(17)18-4)15-11(16)6-5-10(3)7-8-14/h9-10,12H,5-8,14H2,1-4H3,(H,15,16)/t10?,12-/m0/s1. The molecule has 3 N–H and O–H groups in total. The van der Waals surface area contributed by atoms with Crippen LogP contribution >= 0.6 is 0 Å². The molecule has 0 fully saturated rings. The molecule has 0 spiro atoms. The first kappa shape index (κ1) is 16.9. The van der Waals surface area contributed by atoms with E-state index in [-0.39, 0.29) is 11.8 Å². The van der Waals surface area contributed by atoms with E-state index in [9.17, 15) is 9.59 Å². The summed E-state index contributed by atoms with van der Waals surface area (Å²) in [7, 11) is 1.33. The van der Waals surface area contributed by atoms with E-state index in [1.54, 1.807) is 0 Å². The van der Waals surface area contributed by atoms with Crippen LogP contribution in [0.25, 0.3) is 0 Å². The van der Waals surface area contributed by atoms with Crippen LogP contribution in [0.4, 0.5) is 0 Å². The van der Waals surface area contributed by atoms with Crippen molar-refractivity contribution >= 4 is 11.9 Å². The highest BCUT2D eigenvalue weighted by Gasteiger charge is 2.24. The first-order valence-electron chi connectivity index (χ1n) is 6.49. The van der Waals surface area contributed by atoms with Crippen molar-refractivity contribution in [3.8, 4) is 0 Å². The SMILES string of the molecule is COC(=O)[C@@H](NC(=O)CCC(C)CCN)C(C)C. The van der Waals surface area contributed by atoms with Crippen molar-refractivity contribution in [2.75, 3.05) is 13.7 Å². The number of hydrogen-bond acceptors (Lipinski definition) is 4. The number of rotatable bonds is 8. The molecular weight excluding hydrogens is 232 g/mol. The van der Waals surface area contributed by atoms with E-state index < -0.39 is 12.0 Å². The Balaban J connectivity index is 4.15. The number of carbonyl (C=O) groups is 2. The van der Waals surface area contributed by atoms with Crippen molar-refractivity contribution in [1.82, 2.24) is 5.32 Å². The van der Waals surface area contributed by atoms with E-state index in [0.717, 1.165) is 12.8 Å². The van der Waals surface area contributed by atoms with Crippen LogP contribution in [0.3, 0.4) is 0 Å². The van der Waals surface area contributed by atoms with Crippen LogP contribution in [0.1, 0.15) is 40.0 Å². The number of hydrogen-bond donors (Lipinski definition) is 2. The Bertz CT molecular complexity index is 267. The molecule has 1 unspecified atom stereocenters.